The maximum Gasteiger partial charge on any atom is 0.227 e. The number of nitrogens with one attached hydrogen (secondary N) is 1. The fourth-order valence-electron chi connectivity index (χ4n) is 3.68. The van der Waals surface area contributed by atoms with E-state index in [9.17, 15) is 9.59 Å². The largest absolute Gasteiger partial charge is 0.378 e. The summed E-state index contributed by atoms with van der Waals surface area (Å²) in [7, 11) is 4.08. The summed E-state index contributed by atoms with van der Waals surface area (Å²) < 4.78 is 0. The van der Waals surface area contributed by atoms with Gasteiger partial charge in [-0.3, -0.25) is 19.8 Å². The van der Waals surface area contributed by atoms with Crippen LogP contribution in [0.2, 0.25) is 0 Å². The van der Waals surface area contributed by atoms with E-state index in [-0.39, 0.29) is 17.2 Å². The monoisotopic (exact) mass is 315 g/mol. The molecule has 2 amide bonds. The molecule has 1 spiro atoms. The van der Waals surface area contributed by atoms with Crippen LogP contribution in [0.3, 0.4) is 0 Å². The summed E-state index contributed by atoms with van der Waals surface area (Å²) >= 11 is 0. The van der Waals surface area contributed by atoms with Gasteiger partial charge in [0.25, 0.3) is 0 Å². The Bertz CT molecular complexity index is 569. The van der Waals surface area contributed by atoms with Crippen LogP contribution in [0.1, 0.15) is 31.2 Å². The van der Waals surface area contributed by atoms with Gasteiger partial charge >= 0.3 is 0 Å². The molecule has 0 radical (unpaired) electrons. The lowest BCUT2D eigenvalue weighted by atomic mass is 9.71. The molecule has 2 saturated heterocycles. The lowest BCUT2D eigenvalue weighted by Crippen LogP contribution is -2.49. The van der Waals surface area contributed by atoms with Crippen molar-refractivity contribution in [3.63, 3.8) is 0 Å². The predicted octanol–water partition coefficient (Wildman–Crippen LogP) is 1.77. The third-order valence-electron chi connectivity index (χ3n) is 5.13. The van der Waals surface area contributed by atoms with Crippen LogP contribution >= 0.6 is 0 Å². The van der Waals surface area contributed by atoms with Gasteiger partial charge in [0.05, 0.1) is 0 Å². The summed E-state index contributed by atoms with van der Waals surface area (Å²) in [6, 6.07) is 8.64. The minimum Gasteiger partial charge on any atom is -0.378 e. The number of hydrogen-bond donors (Lipinski definition) is 1. The van der Waals surface area contributed by atoms with Crippen molar-refractivity contribution in [1.29, 1.82) is 0 Å². The van der Waals surface area contributed by atoms with Crippen molar-refractivity contribution in [2.75, 3.05) is 32.1 Å². The number of rotatable bonds is 3. The molecule has 1 N–H and O–H groups in total. The van der Waals surface area contributed by atoms with Crippen molar-refractivity contribution in [2.45, 2.75) is 32.2 Å². The van der Waals surface area contributed by atoms with Crippen LogP contribution in [0.5, 0.6) is 0 Å². The first kappa shape index (κ1) is 16.0. The Morgan fingerprint density at radius 3 is 2.13 bits per heavy atom. The Kier molecular flexibility index (Phi) is 4.39. The van der Waals surface area contributed by atoms with Gasteiger partial charge in [0.1, 0.15) is 0 Å². The van der Waals surface area contributed by atoms with Gasteiger partial charge in [-0.25, -0.2) is 0 Å². The number of carbonyl (C=O) groups excluding carboxylic acids is 2. The lowest BCUT2D eigenvalue weighted by molar-refractivity contribution is -0.139. The number of anilines is 1. The van der Waals surface area contributed by atoms with Crippen LogP contribution in [0, 0.1) is 5.41 Å². The predicted molar refractivity (Wildman–Crippen MR) is 90.1 cm³/mol. The highest BCUT2D eigenvalue weighted by Crippen LogP contribution is 2.40. The molecule has 124 valence electrons. The molecule has 0 saturated carbocycles. The molecule has 0 aromatic heterocycles. The van der Waals surface area contributed by atoms with Gasteiger partial charge < -0.3 is 4.90 Å². The second kappa shape index (κ2) is 6.32. The number of imide groups is 1. The van der Waals surface area contributed by atoms with E-state index in [1.807, 2.05) is 14.1 Å². The van der Waals surface area contributed by atoms with E-state index in [4.69, 9.17) is 0 Å². The Morgan fingerprint density at radius 1 is 1.04 bits per heavy atom. The van der Waals surface area contributed by atoms with E-state index >= 15 is 0 Å². The third kappa shape index (κ3) is 3.72. The minimum atomic E-state index is -0.103. The maximum atomic E-state index is 11.7. The van der Waals surface area contributed by atoms with E-state index in [0.29, 0.717) is 12.8 Å². The number of nitrogens with zero attached hydrogens (tertiary/aromatic N) is 2. The van der Waals surface area contributed by atoms with Gasteiger partial charge in [0, 0.05) is 39.2 Å². The van der Waals surface area contributed by atoms with E-state index < -0.39 is 0 Å². The van der Waals surface area contributed by atoms with Crippen LogP contribution in [-0.4, -0.2) is 43.9 Å². The van der Waals surface area contributed by atoms with Crippen molar-refractivity contribution in [2.24, 2.45) is 5.41 Å². The van der Waals surface area contributed by atoms with E-state index in [1.54, 1.807) is 0 Å². The third-order valence-corrected chi connectivity index (χ3v) is 5.13. The zero-order valence-electron chi connectivity index (χ0n) is 14.0. The van der Waals surface area contributed by atoms with Crippen molar-refractivity contribution >= 4 is 17.5 Å². The summed E-state index contributed by atoms with van der Waals surface area (Å²) in [5.41, 5.74) is 2.42. The van der Waals surface area contributed by atoms with E-state index in [2.05, 4.69) is 39.4 Å². The fourth-order valence-corrected chi connectivity index (χ4v) is 3.68. The van der Waals surface area contributed by atoms with Gasteiger partial charge in [0.2, 0.25) is 11.8 Å². The molecule has 1 aromatic rings. The number of benzene rings is 1. The summed E-state index contributed by atoms with van der Waals surface area (Å²) in [6.45, 7) is 2.84. The Morgan fingerprint density at radius 2 is 1.61 bits per heavy atom. The molecule has 0 atom stereocenters. The summed E-state index contributed by atoms with van der Waals surface area (Å²) in [5.74, 6) is -0.206. The molecule has 5 heteroatoms. The van der Waals surface area contributed by atoms with Crippen LogP contribution < -0.4 is 10.2 Å². The average molecular weight is 315 g/mol. The van der Waals surface area contributed by atoms with Crippen LogP contribution in [0.4, 0.5) is 5.69 Å². The highest BCUT2D eigenvalue weighted by molar-refractivity contribution is 5.98. The van der Waals surface area contributed by atoms with E-state index in [0.717, 1.165) is 32.5 Å². The second-order valence-electron chi connectivity index (χ2n) is 7.16. The van der Waals surface area contributed by atoms with Gasteiger partial charge in [-0.2, -0.15) is 0 Å². The summed E-state index contributed by atoms with van der Waals surface area (Å²) in [5, 5.41) is 2.42. The normalized spacial score (nSPS) is 21.3. The number of carbonyl (C=O) groups is 2. The summed E-state index contributed by atoms with van der Waals surface area (Å²) in [6.07, 6.45) is 2.87. The lowest BCUT2D eigenvalue weighted by Gasteiger charge is -2.43. The average Bonchev–Trinajstić information content (AvgIpc) is 2.49. The number of amides is 2. The maximum absolute atomic E-state index is 11.7. The Balaban J connectivity index is 1.56. The van der Waals surface area contributed by atoms with Crippen LogP contribution in [-0.2, 0) is 16.1 Å². The highest BCUT2D eigenvalue weighted by Gasteiger charge is 2.41. The quantitative estimate of drug-likeness (QED) is 0.864. The minimum absolute atomic E-state index is 0.0926. The standard InChI is InChI=1S/C18H25N3O2/c1-20(2)15-5-3-14(4-6-15)13-21-9-7-18(8-10-21)11-16(22)19-17(23)12-18/h3-6H,7-13H2,1-2H3,(H,19,22,23). The number of piperidine rings is 2. The molecular weight excluding hydrogens is 290 g/mol. The molecule has 2 heterocycles. The topological polar surface area (TPSA) is 52.6 Å². The smallest absolute Gasteiger partial charge is 0.227 e. The molecule has 0 unspecified atom stereocenters. The molecule has 2 aliphatic rings. The Labute approximate surface area is 137 Å². The molecule has 0 bridgehead atoms. The molecule has 23 heavy (non-hydrogen) atoms. The molecule has 0 aliphatic carbocycles. The molecule has 2 fully saturated rings. The molecule has 5 nitrogen and oxygen atoms in total. The van der Waals surface area contributed by atoms with Gasteiger partial charge in [-0.1, -0.05) is 12.1 Å². The van der Waals surface area contributed by atoms with Crippen molar-refractivity contribution in [3.05, 3.63) is 29.8 Å². The first-order valence-corrected chi connectivity index (χ1v) is 8.27. The van der Waals surface area contributed by atoms with Gasteiger partial charge in [-0.15, -0.1) is 0 Å². The first-order chi connectivity index (χ1) is 11.0. The molecule has 3 rings (SSSR count). The summed E-state index contributed by atoms with van der Waals surface area (Å²) in [4.78, 5) is 27.8. The van der Waals surface area contributed by atoms with Gasteiger partial charge in [-0.05, 0) is 49.0 Å². The van der Waals surface area contributed by atoms with Crippen molar-refractivity contribution < 1.29 is 9.59 Å². The Hall–Kier alpha value is -1.88. The molecule has 1 aromatic carbocycles. The zero-order chi connectivity index (χ0) is 16.4. The van der Waals surface area contributed by atoms with Crippen molar-refractivity contribution in [1.82, 2.24) is 10.2 Å². The second-order valence-corrected chi connectivity index (χ2v) is 7.16. The van der Waals surface area contributed by atoms with Crippen molar-refractivity contribution in [3.8, 4) is 0 Å². The zero-order valence-corrected chi connectivity index (χ0v) is 14.0. The molecular formula is C18H25N3O2. The van der Waals surface area contributed by atoms with Crippen LogP contribution in [0.25, 0.3) is 0 Å². The van der Waals surface area contributed by atoms with E-state index in [1.165, 1.54) is 11.3 Å². The van der Waals surface area contributed by atoms with Gasteiger partial charge in [0.15, 0.2) is 0 Å². The SMILES string of the molecule is CN(C)c1ccc(CN2CCC3(CC2)CC(=O)NC(=O)C3)cc1. The highest BCUT2D eigenvalue weighted by atomic mass is 16.2. The fraction of sp³-hybridized carbons (Fsp3) is 0.556. The number of likely N-dealkylation sites (tertiary alicyclic amines) is 1. The number of hydrogen-bond acceptors (Lipinski definition) is 4. The van der Waals surface area contributed by atoms with Crippen LogP contribution in [0.15, 0.2) is 24.3 Å². The molecule has 2 aliphatic heterocycles. The first-order valence-electron chi connectivity index (χ1n) is 8.27.